The number of nitrogens with zero attached hydrogens (tertiary/aromatic N) is 2. The topological polar surface area (TPSA) is 25.8 Å². The van der Waals surface area contributed by atoms with Crippen LogP contribution in [0.1, 0.15) is 17.0 Å². The van der Waals surface area contributed by atoms with Gasteiger partial charge < -0.3 is 0 Å². The van der Waals surface area contributed by atoms with Crippen LogP contribution in [0.4, 0.5) is 0 Å². The van der Waals surface area contributed by atoms with Crippen molar-refractivity contribution in [2.45, 2.75) is 13.3 Å². The maximum atomic E-state index is 4.66. The quantitative estimate of drug-likeness (QED) is 0.463. The molecule has 1 aliphatic rings. The highest BCUT2D eigenvalue weighted by Crippen LogP contribution is 2.37. The van der Waals surface area contributed by atoms with Gasteiger partial charge >= 0.3 is 0 Å². The minimum atomic E-state index is 0.839. The van der Waals surface area contributed by atoms with Gasteiger partial charge in [0.2, 0.25) is 0 Å². The van der Waals surface area contributed by atoms with Gasteiger partial charge in [-0.2, -0.15) is 0 Å². The van der Waals surface area contributed by atoms with E-state index in [2.05, 4.69) is 52.4 Å². The Labute approximate surface area is 105 Å². The van der Waals surface area contributed by atoms with E-state index >= 15 is 0 Å². The third kappa shape index (κ3) is 1.23. The minimum Gasteiger partial charge on any atom is -0.233 e. The van der Waals surface area contributed by atoms with Gasteiger partial charge in [-0.15, -0.1) is 0 Å². The lowest BCUT2D eigenvalue weighted by Crippen LogP contribution is -2.05. The Morgan fingerprint density at radius 3 is 2.67 bits per heavy atom. The lowest BCUT2D eigenvalue weighted by atomic mass is 9.88. The highest BCUT2D eigenvalue weighted by atomic mass is 14.9. The lowest BCUT2D eigenvalue weighted by molar-refractivity contribution is 1.07. The maximum absolute atomic E-state index is 4.66. The summed E-state index contributed by atoms with van der Waals surface area (Å²) in [5.74, 6) is 0.839. The van der Waals surface area contributed by atoms with Crippen LogP contribution in [0.15, 0.2) is 42.5 Å². The van der Waals surface area contributed by atoms with E-state index in [1.54, 1.807) is 0 Å². The van der Waals surface area contributed by atoms with Crippen molar-refractivity contribution in [3.05, 3.63) is 59.4 Å². The summed E-state index contributed by atoms with van der Waals surface area (Å²) in [6.45, 7) is 1.96. The minimum absolute atomic E-state index is 0.839. The molecule has 0 radical (unpaired) electrons. The van der Waals surface area contributed by atoms with Gasteiger partial charge in [-0.05, 0) is 30.5 Å². The SMILES string of the molecule is Cc1nc2c3c(cccc3n1)Cc1ccccc1-2. The first-order valence-electron chi connectivity index (χ1n) is 6.17. The zero-order valence-electron chi connectivity index (χ0n) is 10.1. The van der Waals surface area contributed by atoms with Gasteiger partial charge in [0.15, 0.2) is 0 Å². The molecule has 0 saturated heterocycles. The standard InChI is InChI=1S/C16H12N2/c1-10-17-14-8-4-6-12-9-11-5-2-3-7-13(11)16(18-10)15(12)14/h2-8H,9H2,1H3. The molecule has 0 N–H and O–H groups in total. The molecule has 3 aromatic rings. The molecule has 0 aliphatic heterocycles. The summed E-state index contributed by atoms with van der Waals surface area (Å²) >= 11 is 0. The highest BCUT2D eigenvalue weighted by Gasteiger charge is 2.19. The van der Waals surface area contributed by atoms with E-state index in [-0.39, 0.29) is 0 Å². The highest BCUT2D eigenvalue weighted by molar-refractivity contribution is 5.97. The van der Waals surface area contributed by atoms with Gasteiger partial charge in [-0.3, -0.25) is 0 Å². The second kappa shape index (κ2) is 3.39. The first-order valence-corrected chi connectivity index (χ1v) is 6.17. The van der Waals surface area contributed by atoms with E-state index in [9.17, 15) is 0 Å². The average Bonchev–Trinajstić information content (AvgIpc) is 2.38. The molecular weight excluding hydrogens is 220 g/mol. The van der Waals surface area contributed by atoms with E-state index in [0.29, 0.717) is 0 Å². The van der Waals surface area contributed by atoms with E-state index in [1.165, 1.54) is 22.1 Å². The fraction of sp³-hybridized carbons (Fsp3) is 0.125. The second-order valence-corrected chi connectivity index (χ2v) is 4.76. The molecule has 0 amide bonds. The van der Waals surface area contributed by atoms with Crippen molar-refractivity contribution in [2.24, 2.45) is 0 Å². The number of rotatable bonds is 0. The Bertz CT molecular complexity index is 775. The summed E-state index contributed by atoms with van der Waals surface area (Å²) in [6, 6.07) is 14.9. The fourth-order valence-corrected chi connectivity index (χ4v) is 2.82. The van der Waals surface area contributed by atoms with E-state index in [0.717, 1.165) is 23.5 Å². The summed E-state index contributed by atoms with van der Waals surface area (Å²) in [5, 5.41) is 1.22. The molecule has 1 aliphatic carbocycles. The van der Waals surface area contributed by atoms with Gasteiger partial charge in [-0.1, -0.05) is 36.4 Å². The largest absolute Gasteiger partial charge is 0.233 e. The third-order valence-corrected chi connectivity index (χ3v) is 3.57. The molecule has 0 fully saturated rings. The van der Waals surface area contributed by atoms with Crippen molar-refractivity contribution in [3.8, 4) is 11.3 Å². The van der Waals surface area contributed by atoms with Gasteiger partial charge in [0.1, 0.15) is 5.82 Å². The van der Waals surface area contributed by atoms with Crippen LogP contribution in [-0.2, 0) is 6.42 Å². The summed E-state index contributed by atoms with van der Waals surface area (Å²) in [6.07, 6.45) is 0.979. The number of aromatic nitrogens is 2. The van der Waals surface area contributed by atoms with Gasteiger partial charge in [0.25, 0.3) is 0 Å². The van der Waals surface area contributed by atoms with Crippen LogP contribution >= 0.6 is 0 Å². The molecular formula is C16H12N2. The Morgan fingerprint density at radius 2 is 1.72 bits per heavy atom. The Kier molecular flexibility index (Phi) is 1.84. The average molecular weight is 232 g/mol. The van der Waals surface area contributed by atoms with Crippen LogP contribution in [0.25, 0.3) is 22.2 Å². The molecule has 0 bridgehead atoms. The molecule has 2 aromatic carbocycles. The zero-order valence-corrected chi connectivity index (χ0v) is 10.1. The lowest BCUT2D eigenvalue weighted by Gasteiger charge is -2.19. The molecule has 0 atom stereocenters. The second-order valence-electron chi connectivity index (χ2n) is 4.76. The van der Waals surface area contributed by atoms with Crippen LogP contribution in [0.2, 0.25) is 0 Å². The van der Waals surface area contributed by atoms with Crippen molar-refractivity contribution in [2.75, 3.05) is 0 Å². The molecule has 1 aromatic heterocycles. The normalized spacial score (nSPS) is 12.5. The van der Waals surface area contributed by atoms with Crippen LogP contribution < -0.4 is 0 Å². The smallest absolute Gasteiger partial charge is 0.126 e. The summed E-state index contributed by atoms with van der Waals surface area (Å²) < 4.78 is 0. The van der Waals surface area contributed by atoms with Crippen molar-refractivity contribution in [1.82, 2.24) is 9.97 Å². The van der Waals surface area contributed by atoms with E-state index in [4.69, 9.17) is 0 Å². The predicted octanol–water partition coefficient (Wildman–Crippen LogP) is 3.51. The Hall–Kier alpha value is -2.22. The molecule has 0 spiro atoms. The molecule has 0 saturated carbocycles. The number of aryl methyl sites for hydroxylation is 1. The molecule has 4 rings (SSSR count). The monoisotopic (exact) mass is 232 g/mol. The molecule has 18 heavy (non-hydrogen) atoms. The summed E-state index contributed by atoms with van der Waals surface area (Å²) in [5.41, 5.74) is 6.10. The summed E-state index contributed by atoms with van der Waals surface area (Å²) in [4.78, 5) is 9.20. The van der Waals surface area contributed by atoms with Crippen LogP contribution in [0.5, 0.6) is 0 Å². The fourth-order valence-electron chi connectivity index (χ4n) is 2.82. The predicted molar refractivity (Wildman–Crippen MR) is 72.5 cm³/mol. The van der Waals surface area contributed by atoms with Crippen molar-refractivity contribution >= 4 is 10.9 Å². The van der Waals surface area contributed by atoms with Gasteiger partial charge in [-0.25, -0.2) is 9.97 Å². The molecule has 0 unspecified atom stereocenters. The molecule has 86 valence electrons. The Morgan fingerprint density at radius 1 is 0.889 bits per heavy atom. The van der Waals surface area contributed by atoms with Gasteiger partial charge in [0.05, 0.1) is 11.2 Å². The van der Waals surface area contributed by atoms with Crippen LogP contribution in [0.3, 0.4) is 0 Å². The first kappa shape index (κ1) is 9.77. The number of benzene rings is 2. The van der Waals surface area contributed by atoms with Crippen molar-refractivity contribution in [1.29, 1.82) is 0 Å². The Balaban J connectivity index is 2.22. The maximum Gasteiger partial charge on any atom is 0.126 e. The summed E-state index contributed by atoms with van der Waals surface area (Å²) in [7, 11) is 0. The van der Waals surface area contributed by atoms with Crippen LogP contribution in [-0.4, -0.2) is 9.97 Å². The van der Waals surface area contributed by atoms with Crippen LogP contribution in [0, 0.1) is 6.92 Å². The third-order valence-electron chi connectivity index (χ3n) is 3.57. The van der Waals surface area contributed by atoms with Crippen molar-refractivity contribution in [3.63, 3.8) is 0 Å². The van der Waals surface area contributed by atoms with E-state index in [1.807, 2.05) is 6.92 Å². The van der Waals surface area contributed by atoms with E-state index < -0.39 is 0 Å². The zero-order chi connectivity index (χ0) is 12.1. The number of fused-ring (bicyclic) bond motifs is 2. The van der Waals surface area contributed by atoms with Gasteiger partial charge in [0, 0.05) is 10.9 Å². The number of hydrogen-bond acceptors (Lipinski definition) is 2. The first-order chi connectivity index (χ1) is 8.83. The van der Waals surface area contributed by atoms with Crippen molar-refractivity contribution < 1.29 is 0 Å². The molecule has 1 heterocycles. The number of hydrogen-bond donors (Lipinski definition) is 0. The molecule has 2 heteroatoms. The molecule has 2 nitrogen and oxygen atoms in total.